The van der Waals surface area contributed by atoms with Crippen molar-refractivity contribution >= 4 is 5.95 Å². The van der Waals surface area contributed by atoms with Gasteiger partial charge in [-0.3, -0.25) is 4.90 Å². The third-order valence-electron chi connectivity index (χ3n) is 6.30. The van der Waals surface area contributed by atoms with E-state index in [4.69, 9.17) is 19.4 Å². The number of ether oxygens (including phenoxy) is 2. The standard InChI is InChI=1S/C22H28N4O2/c1-17-19-14-28-16-22(7-8-25(15-22)13-18-5-3-2-4-6-18)20(19)24-21(23-17)26-9-11-27-12-10-26/h2-6H,7-16H2,1H3/t22-/m0/s1. The molecule has 3 aliphatic rings. The Labute approximate surface area is 166 Å². The van der Waals surface area contributed by atoms with Crippen LogP contribution in [-0.2, 0) is 28.0 Å². The van der Waals surface area contributed by atoms with Crippen molar-refractivity contribution in [1.29, 1.82) is 0 Å². The average Bonchev–Trinajstić information content (AvgIpc) is 3.13. The zero-order valence-corrected chi connectivity index (χ0v) is 16.6. The highest BCUT2D eigenvalue weighted by Crippen LogP contribution is 2.40. The number of likely N-dealkylation sites (tertiary alicyclic amines) is 1. The van der Waals surface area contributed by atoms with Crippen LogP contribution in [-0.4, -0.2) is 60.9 Å². The van der Waals surface area contributed by atoms with Crippen LogP contribution in [0.5, 0.6) is 0 Å². The number of anilines is 1. The van der Waals surface area contributed by atoms with Crippen LogP contribution < -0.4 is 4.90 Å². The van der Waals surface area contributed by atoms with E-state index in [2.05, 4.69) is 47.1 Å². The third-order valence-corrected chi connectivity index (χ3v) is 6.30. The summed E-state index contributed by atoms with van der Waals surface area (Å²) < 4.78 is 11.6. The fraction of sp³-hybridized carbons (Fsp3) is 0.545. The average molecular weight is 380 g/mol. The van der Waals surface area contributed by atoms with E-state index >= 15 is 0 Å². The maximum absolute atomic E-state index is 6.06. The lowest BCUT2D eigenvalue weighted by Crippen LogP contribution is -2.42. The number of morpholine rings is 1. The molecular formula is C22H28N4O2. The Kier molecular flexibility index (Phi) is 4.78. The molecule has 6 heteroatoms. The lowest BCUT2D eigenvalue weighted by atomic mass is 9.80. The van der Waals surface area contributed by atoms with Gasteiger partial charge in [0.1, 0.15) is 0 Å². The largest absolute Gasteiger partial charge is 0.378 e. The van der Waals surface area contributed by atoms with Crippen molar-refractivity contribution in [2.75, 3.05) is 50.9 Å². The first-order chi connectivity index (χ1) is 13.7. The molecule has 2 saturated heterocycles. The Balaban J connectivity index is 1.44. The molecule has 0 bridgehead atoms. The van der Waals surface area contributed by atoms with Crippen LogP contribution >= 0.6 is 0 Å². The third kappa shape index (κ3) is 3.30. The lowest BCUT2D eigenvalue weighted by molar-refractivity contribution is 0.0497. The van der Waals surface area contributed by atoms with Gasteiger partial charge in [0.05, 0.1) is 37.5 Å². The van der Waals surface area contributed by atoms with Crippen molar-refractivity contribution in [3.8, 4) is 0 Å². The molecule has 0 amide bonds. The monoisotopic (exact) mass is 380 g/mol. The maximum atomic E-state index is 6.06. The molecule has 0 radical (unpaired) electrons. The van der Waals surface area contributed by atoms with Gasteiger partial charge in [-0.05, 0) is 25.5 Å². The zero-order valence-electron chi connectivity index (χ0n) is 16.6. The van der Waals surface area contributed by atoms with Gasteiger partial charge in [0, 0.05) is 37.4 Å². The summed E-state index contributed by atoms with van der Waals surface area (Å²) in [6.07, 6.45) is 1.09. The van der Waals surface area contributed by atoms with Crippen LogP contribution in [0.15, 0.2) is 30.3 Å². The van der Waals surface area contributed by atoms with Gasteiger partial charge in [-0.25, -0.2) is 9.97 Å². The molecule has 28 heavy (non-hydrogen) atoms. The van der Waals surface area contributed by atoms with E-state index in [1.165, 1.54) is 16.8 Å². The summed E-state index contributed by atoms with van der Waals surface area (Å²) in [5.41, 5.74) is 4.83. The van der Waals surface area contributed by atoms with Crippen molar-refractivity contribution < 1.29 is 9.47 Å². The van der Waals surface area contributed by atoms with Crippen LogP contribution in [0.3, 0.4) is 0 Å². The van der Waals surface area contributed by atoms with Gasteiger partial charge in [0.2, 0.25) is 5.95 Å². The second-order valence-electron chi connectivity index (χ2n) is 8.25. The van der Waals surface area contributed by atoms with Crippen LogP contribution in [0.2, 0.25) is 0 Å². The van der Waals surface area contributed by atoms with Crippen molar-refractivity contribution in [2.24, 2.45) is 0 Å². The van der Waals surface area contributed by atoms with Gasteiger partial charge < -0.3 is 14.4 Å². The van der Waals surface area contributed by atoms with Crippen LogP contribution in [0, 0.1) is 6.92 Å². The van der Waals surface area contributed by atoms with Gasteiger partial charge >= 0.3 is 0 Å². The number of hydrogen-bond acceptors (Lipinski definition) is 6. The predicted octanol–water partition coefficient (Wildman–Crippen LogP) is 2.30. The summed E-state index contributed by atoms with van der Waals surface area (Å²) in [4.78, 5) is 14.7. The van der Waals surface area contributed by atoms with E-state index in [9.17, 15) is 0 Å². The minimum atomic E-state index is -0.0168. The molecular weight excluding hydrogens is 352 g/mol. The number of aromatic nitrogens is 2. The highest BCUT2D eigenvalue weighted by molar-refractivity contribution is 5.42. The SMILES string of the molecule is Cc1nc(N2CCOCC2)nc2c1COC[C@@]21CCN(Cc2ccccc2)C1. The normalized spacial score (nSPS) is 25.2. The minimum Gasteiger partial charge on any atom is -0.378 e. The molecule has 148 valence electrons. The maximum Gasteiger partial charge on any atom is 0.225 e. The fourth-order valence-corrected chi connectivity index (χ4v) is 4.76. The molecule has 0 unspecified atom stereocenters. The number of hydrogen-bond donors (Lipinski definition) is 0. The zero-order chi connectivity index (χ0) is 19.0. The van der Waals surface area contributed by atoms with E-state index in [1.54, 1.807) is 0 Å². The Morgan fingerprint density at radius 1 is 1.04 bits per heavy atom. The van der Waals surface area contributed by atoms with Crippen molar-refractivity contribution in [3.05, 3.63) is 52.8 Å². The molecule has 1 atom stereocenters. The predicted molar refractivity (Wildman–Crippen MR) is 107 cm³/mol. The van der Waals surface area contributed by atoms with E-state index in [1.807, 2.05) is 0 Å². The molecule has 0 saturated carbocycles. The summed E-state index contributed by atoms with van der Waals surface area (Å²) in [6.45, 7) is 9.76. The molecule has 4 heterocycles. The molecule has 2 fully saturated rings. The second kappa shape index (κ2) is 7.43. The smallest absolute Gasteiger partial charge is 0.225 e. The lowest BCUT2D eigenvalue weighted by Gasteiger charge is -2.36. The molecule has 5 rings (SSSR count). The Bertz CT molecular complexity index is 838. The number of nitrogens with zero attached hydrogens (tertiary/aromatic N) is 4. The quantitative estimate of drug-likeness (QED) is 0.814. The topological polar surface area (TPSA) is 50.7 Å². The fourth-order valence-electron chi connectivity index (χ4n) is 4.76. The molecule has 2 aromatic rings. The van der Waals surface area contributed by atoms with E-state index in [0.717, 1.165) is 70.6 Å². The molecule has 6 nitrogen and oxygen atoms in total. The van der Waals surface area contributed by atoms with Crippen molar-refractivity contribution in [1.82, 2.24) is 14.9 Å². The van der Waals surface area contributed by atoms with Gasteiger partial charge in [0.25, 0.3) is 0 Å². The Hall–Kier alpha value is -2.02. The van der Waals surface area contributed by atoms with Crippen LogP contribution in [0.25, 0.3) is 0 Å². The highest BCUT2D eigenvalue weighted by Gasteiger charge is 2.45. The molecule has 3 aliphatic heterocycles. The summed E-state index contributed by atoms with van der Waals surface area (Å²) in [7, 11) is 0. The highest BCUT2D eigenvalue weighted by atomic mass is 16.5. The first-order valence-electron chi connectivity index (χ1n) is 10.3. The Morgan fingerprint density at radius 3 is 2.68 bits per heavy atom. The minimum absolute atomic E-state index is 0.0168. The summed E-state index contributed by atoms with van der Waals surface area (Å²) in [5, 5.41) is 0. The van der Waals surface area contributed by atoms with E-state index in [-0.39, 0.29) is 5.41 Å². The van der Waals surface area contributed by atoms with Gasteiger partial charge in [-0.2, -0.15) is 0 Å². The van der Waals surface area contributed by atoms with Crippen LogP contribution in [0.4, 0.5) is 5.95 Å². The van der Waals surface area contributed by atoms with Gasteiger partial charge in [0.15, 0.2) is 0 Å². The number of rotatable bonds is 3. The van der Waals surface area contributed by atoms with Crippen molar-refractivity contribution in [3.63, 3.8) is 0 Å². The summed E-state index contributed by atoms with van der Waals surface area (Å²) in [5.74, 6) is 0.863. The van der Waals surface area contributed by atoms with E-state index < -0.39 is 0 Å². The molecule has 1 aromatic carbocycles. The van der Waals surface area contributed by atoms with Gasteiger partial charge in [-0.1, -0.05) is 30.3 Å². The second-order valence-corrected chi connectivity index (χ2v) is 8.25. The molecule has 0 aliphatic carbocycles. The number of benzene rings is 1. The van der Waals surface area contributed by atoms with Crippen LogP contribution in [0.1, 0.15) is 28.9 Å². The first kappa shape index (κ1) is 18.0. The van der Waals surface area contributed by atoms with Crippen molar-refractivity contribution in [2.45, 2.75) is 31.9 Å². The molecule has 0 N–H and O–H groups in total. The molecule has 1 aromatic heterocycles. The van der Waals surface area contributed by atoms with E-state index in [0.29, 0.717) is 6.61 Å². The summed E-state index contributed by atoms with van der Waals surface area (Å²) >= 11 is 0. The molecule has 1 spiro atoms. The Morgan fingerprint density at radius 2 is 1.86 bits per heavy atom. The van der Waals surface area contributed by atoms with Gasteiger partial charge in [-0.15, -0.1) is 0 Å². The first-order valence-corrected chi connectivity index (χ1v) is 10.3. The number of fused-ring (bicyclic) bond motifs is 2. The summed E-state index contributed by atoms with van der Waals surface area (Å²) in [6, 6.07) is 10.7. The number of aryl methyl sites for hydroxylation is 1.